The summed E-state index contributed by atoms with van der Waals surface area (Å²) in [4.78, 5) is 21.1. The number of nitrogens with one attached hydrogen (secondary N) is 1. The van der Waals surface area contributed by atoms with Crippen LogP contribution in [0, 0.1) is 6.92 Å². The minimum atomic E-state index is -0.115. The van der Waals surface area contributed by atoms with Crippen molar-refractivity contribution in [2.45, 2.75) is 50.1 Å². The molecule has 2 aromatic heterocycles. The zero-order valence-electron chi connectivity index (χ0n) is 16.7. The molecule has 8 heteroatoms. The lowest BCUT2D eigenvalue weighted by molar-refractivity contribution is -0.116. The minimum absolute atomic E-state index is 0.00615. The van der Waals surface area contributed by atoms with E-state index in [9.17, 15) is 4.79 Å². The van der Waals surface area contributed by atoms with Gasteiger partial charge in [0.05, 0.1) is 15.8 Å². The van der Waals surface area contributed by atoms with Crippen molar-refractivity contribution in [2.75, 3.05) is 18.2 Å². The standard InChI is InChI=1S/C20H26N4O2S2/c1-14-21-9-11-24(14)10-7-18(25)22-15-5-6-16-17(13-15)28-19(23-16)27-12-8-20(2,3)26-4/h5-6,9,11,13H,7-8,10,12H2,1-4H3,(H,22,25). The van der Waals surface area contributed by atoms with E-state index in [1.54, 1.807) is 36.4 Å². The fourth-order valence-electron chi connectivity index (χ4n) is 2.61. The Morgan fingerprint density at radius 1 is 1.39 bits per heavy atom. The van der Waals surface area contributed by atoms with Crippen molar-refractivity contribution in [3.63, 3.8) is 0 Å². The Balaban J connectivity index is 1.56. The van der Waals surface area contributed by atoms with E-state index in [1.165, 1.54) is 0 Å². The van der Waals surface area contributed by atoms with E-state index in [0.29, 0.717) is 13.0 Å². The van der Waals surface area contributed by atoms with Gasteiger partial charge in [0.1, 0.15) is 5.82 Å². The van der Waals surface area contributed by atoms with E-state index in [-0.39, 0.29) is 11.5 Å². The minimum Gasteiger partial charge on any atom is -0.379 e. The van der Waals surface area contributed by atoms with Gasteiger partial charge < -0.3 is 14.6 Å². The molecule has 0 saturated heterocycles. The van der Waals surface area contributed by atoms with Crippen LogP contribution in [0.2, 0.25) is 0 Å². The van der Waals surface area contributed by atoms with Crippen molar-refractivity contribution in [1.82, 2.24) is 14.5 Å². The molecule has 3 aromatic rings. The molecule has 0 atom stereocenters. The largest absolute Gasteiger partial charge is 0.379 e. The lowest BCUT2D eigenvalue weighted by Crippen LogP contribution is -2.22. The third kappa shape index (κ3) is 5.56. The highest BCUT2D eigenvalue weighted by molar-refractivity contribution is 8.01. The predicted molar refractivity (Wildman–Crippen MR) is 116 cm³/mol. The first kappa shape index (κ1) is 20.8. The molecular weight excluding hydrogens is 392 g/mol. The van der Waals surface area contributed by atoms with E-state index >= 15 is 0 Å². The molecule has 0 bridgehead atoms. The highest BCUT2D eigenvalue weighted by Crippen LogP contribution is 2.32. The molecule has 0 spiro atoms. The van der Waals surface area contributed by atoms with Gasteiger partial charge in [-0.05, 0) is 45.4 Å². The number of fused-ring (bicyclic) bond motifs is 1. The first-order chi connectivity index (χ1) is 13.4. The molecule has 0 aliphatic rings. The first-order valence-corrected chi connectivity index (χ1v) is 11.0. The summed E-state index contributed by atoms with van der Waals surface area (Å²) in [5.41, 5.74) is 1.65. The zero-order valence-corrected chi connectivity index (χ0v) is 18.3. The van der Waals surface area contributed by atoms with Crippen molar-refractivity contribution in [3.05, 3.63) is 36.4 Å². The zero-order chi connectivity index (χ0) is 20.1. The Morgan fingerprint density at radius 2 is 2.21 bits per heavy atom. The van der Waals surface area contributed by atoms with Crippen LogP contribution in [0.15, 0.2) is 34.9 Å². The maximum absolute atomic E-state index is 12.3. The second-order valence-electron chi connectivity index (χ2n) is 7.19. The molecule has 2 heterocycles. The number of hydrogen-bond acceptors (Lipinski definition) is 6. The fraction of sp³-hybridized carbons (Fsp3) is 0.450. The van der Waals surface area contributed by atoms with Gasteiger partial charge in [-0.3, -0.25) is 4.79 Å². The summed E-state index contributed by atoms with van der Waals surface area (Å²) in [6, 6.07) is 5.87. The molecule has 6 nitrogen and oxygen atoms in total. The van der Waals surface area contributed by atoms with Gasteiger partial charge in [0.15, 0.2) is 4.34 Å². The van der Waals surface area contributed by atoms with Gasteiger partial charge >= 0.3 is 0 Å². The number of thioether (sulfide) groups is 1. The fourth-order valence-corrected chi connectivity index (χ4v) is 5.04. The molecule has 150 valence electrons. The van der Waals surface area contributed by atoms with Crippen LogP contribution in [-0.4, -0.2) is 38.9 Å². The van der Waals surface area contributed by atoms with Gasteiger partial charge in [0.25, 0.3) is 0 Å². The molecule has 0 saturated carbocycles. The highest BCUT2D eigenvalue weighted by atomic mass is 32.2. The summed E-state index contributed by atoms with van der Waals surface area (Å²) in [7, 11) is 1.74. The summed E-state index contributed by atoms with van der Waals surface area (Å²) in [5, 5.41) is 2.98. The number of hydrogen-bond donors (Lipinski definition) is 1. The number of methoxy groups -OCH3 is 1. The molecule has 0 aliphatic heterocycles. The number of ether oxygens (including phenoxy) is 1. The Hall–Kier alpha value is -1.90. The number of rotatable bonds is 9. The van der Waals surface area contributed by atoms with E-state index < -0.39 is 0 Å². The average molecular weight is 419 g/mol. The Kier molecular flexibility index (Phi) is 6.74. The Bertz CT molecular complexity index is 949. The van der Waals surface area contributed by atoms with Crippen molar-refractivity contribution >= 4 is 44.9 Å². The van der Waals surface area contributed by atoms with Crippen LogP contribution in [0.3, 0.4) is 0 Å². The maximum atomic E-state index is 12.3. The number of thiazole rings is 1. The number of benzene rings is 1. The molecule has 0 fully saturated rings. The van der Waals surface area contributed by atoms with Gasteiger partial charge in [0, 0.05) is 43.9 Å². The van der Waals surface area contributed by atoms with Crippen LogP contribution in [0.5, 0.6) is 0 Å². The van der Waals surface area contributed by atoms with Gasteiger partial charge in [-0.25, -0.2) is 9.97 Å². The van der Waals surface area contributed by atoms with Gasteiger partial charge in [-0.2, -0.15) is 0 Å². The molecule has 1 aromatic carbocycles. The molecule has 28 heavy (non-hydrogen) atoms. The quantitative estimate of drug-likeness (QED) is 0.509. The molecule has 0 unspecified atom stereocenters. The van der Waals surface area contributed by atoms with E-state index in [0.717, 1.165) is 38.2 Å². The monoisotopic (exact) mass is 418 g/mol. The Labute approximate surface area is 173 Å². The summed E-state index contributed by atoms with van der Waals surface area (Å²) in [5.74, 6) is 1.86. The maximum Gasteiger partial charge on any atom is 0.226 e. The number of aryl methyl sites for hydroxylation is 2. The number of carbonyl (C=O) groups is 1. The second-order valence-corrected chi connectivity index (χ2v) is 9.56. The third-order valence-corrected chi connectivity index (χ3v) is 6.80. The molecule has 3 rings (SSSR count). The summed E-state index contributed by atoms with van der Waals surface area (Å²) in [6.07, 6.45) is 5.01. The molecule has 1 amide bonds. The van der Waals surface area contributed by atoms with Crippen LogP contribution in [0.1, 0.15) is 32.5 Å². The van der Waals surface area contributed by atoms with Crippen LogP contribution >= 0.6 is 23.1 Å². The number of imidazole rings is 1. The van der Waals surface area contributed by atoms with Gasteiger partial charge in [-0.15, -0.1) is 11.3 Å². The van der Waals surface area contributed by atoms with Crippen molar-refractivity contribution < 1.29 is 9.53 Å². The molecule has 0 radical (unpaired) electrons. The molecule has 0 aliphatic carbocycles. The second kappa shape index (κ2) is 9.07. The SMILES string of the molecule is COC(C)(C)CCSc1nc2ccc(NC(=O)CCn3ccnc3C)cc2s1. The number of carbonyl (C=O) groups excluding carboxylic acids is 1. The normalized spacial score (nSPS) is 11.9. The highest BCUT2D eigenvalue weighted by Gasteiger charge is 2.16. The van der Waals surface area contributed by atoms with E-state index in [1.807, 2.05) is 35.9 Å². The molecule has 1 N–H and O–H groups in total. The number of aromatic nitrogens is 3. The van der Waals surface area contributed by atoms with Crippen molar-refractivity contribution in [1.29, 1.82) is 0 Å². The van der Waals surface area contributed by atoms with Crippen LogP contribution in [0.4, 0.5) is 5.69 Å². The molecular formula is C20H26N4O2S2. The lowest BCUT2D eigenvalue weighted by atomic mass is 10.1. The first-order valence-electron chi connectivity index (χ1n) is 9.22. The number of nitrogens with zero attached hydrogens (tertiary/aromatic N) is 3. The third-order valence-electron chi connectivity index (χ3n) is 4.64. The smallest absolute Gasteiger partial charge is 0.226 e. The number of amides is 1. The summed E-state index contributed by atoms with van der Waals surface area (Å²) in [6.45, 7) is 6.74. The topological polar surface area (TPSA) is 69.0 Å². The summed E-state index contributed by atoms with van der Waals surface area (Å²) >= 11 is 3.40. The number of anilines is 1. The predicted octanol–water partition coefficient (Wildman–Crippen LogP) is 4.74. The Morgan fingerprint density at radius 3 is 2.93 bits per heavy atom. The lowest BCUT2D eigenvalue weighted by Gasteiger charge is -2.21. The van der Waals surface area contributed by atoms with Crippen LogP contribution in [-0.2, 0) is 16.1 Å². The summed E-state index contributed by atoms with van der Waals surface area (Å²) < 4.78 is 9.56. The van der Waals surface area contributed by atoms with Crippen LogP contribution < -0.4 is 5.32 Å². The van der Waals surface area contributed by atoms with Crippen LogP contribution in [0.25, 0.3) is 10.2 Å². The average Bonchev–Trinajstić information content (AvgIpc) is 3.25. The van der Waals surface area contributed by atoms with Gasteiger partial charge in [-0.1, -0.05) is 11.8 Å². The van der Waals surface area contributed by atoms with E-state index in [4.69, 9.17) is 4.74 Å². The van der Waals surface area contributed by atoms with Crippen molar-refractivity contribution in [2.24, 2.45) is 0 Å². The van der Waals surface area contributed by atoms with Gasteiger partial charge in [0.2, 0.25) is 5.91 Å². The van der Waals surface area contributed by atoms with Crippen molar-refractivity contribution in [3.8, 4) is 0 Å². The van der Waals surface area contributed by atoms with E-state index in [2.05, 4.69) is 29.1 Å².